The fraction of sp³-hybridized carbons (Fsp3) is 0.0625. The molecule has 4 nitrogen and oxygen atoms in total. The Morgan fingerprint density at radius 3 is 2.68 bits per heavy atom. The number of halogens is 1. The highest BCUT2D eigenvalue weighted by Crippen LogP contribution is 2.16. The molecule has 2 aromatic carbocycles. The summed E-state index contributed by atoms with van der Waals surface area (Å²) in [6.45, 7) is 0.173. The van der Waals surface area contributed by atoms with Crippen molar-refractivity contribution in [2.45, 2.75) is 11.4 Å². The second-order valence-corrected chi connectivity index (χ2v) is 7.02. The average molecular weight is 333 g/mol. The summed E-state index contributed by atoms with van der Waals surface area (Å²) in [5.74, 6) is 0. The third kappa shape index (κ3) is 3.27. The molecule has 0 aliphatic carbocycles. The van der Waals surface area contributed by atoms with Gasteiger partial charge in [-0.1, -0.05) is 35.9 Å². The van der Waals surface area contributed by atoms with Gasteiger partial charge in [-0.05, 0) is 35.9 Å². The highest BCUT2D eigenvalue weighted by atomic mass is 35.5. The lowest BCUT2D eigenvalue weighted by Crippen LogP contribution is -2.23. The lowest BCUT2D eigenvalue weighted by atomic mass is 10.2. The third-order valence-corrected chi connectivity index (χ3v) is 4.85. The van der Waals surface area contributed by atoms with E-state index in [1.54, 1.807) is 18.3 Å². The van der Waals surface area contributed by atoms with Gasteiger partial charge in [0.25, 0.3) is 0 Å². The first-order chi connectivity index (χ1) is 10.5. The topological polar surface area (TPSA) is 59.1 Å². The van der Waals surface area contributed by atoms with Gasteiger partial charge in [-0.25, -0.2) is 13.1 Å². The third-order valence-electron chi connectivity index (χ3n) is 3.22. The Kier molecular flexibility index (Phi) is 4.11. The quantitative estimate of drug-likeness (QED) is 0.797. The molecule has 0 saturated carbocycles. The Morgan fingerprint density at radius 1 is 1.05 bits per heavy atom. The number of nitrogens with zero attached hydrogens (tertiary/aromatic N) is 1. The molecule has 3 rings (SSSR count). The molecule has 22 heavy (non-hydrogen) atoms. The summed E-state index contributed by atoms with van der Waals surface area (Å²) in [5, 5.41) is 1.36. The highest BCUT2D eigenvalue weighted by molar-refractivity contribution is 7.89. The maximum Gasteiger partial charge on any atom is 0.240 e. The van der Waals surface area contributed by atoms with Gasteiger partial charge >= 0.3 is 0 Å². The maximum absolute atomic E-state index is 12.2. The van der Waals surface area contributed by atoms with Gasteiger partial charge in [-0.2, -0.15) is 0 Å². The van der Waals surface area contributed by atoms with Crippen LogP contribution >= 0.6 is 11.6 Å². The summed E-state index contributed by atoms with van der Waals surface area (Å²) in [5.41, 5.74) is 1.67. The smallest absolute Gasteiger partial charge is 0.240 e. The van der Waals surface area contributed by atoms with E-state index in [-0.39, 0.29) is 11.4 Å². The van der Waals surface area contributed by atoms with Gasteiger partial charge in [-0.15, -0.1) is 0 Å². The predicted octanol–water partition coefficient (Wildman–Crippen LogP) is 3.37. The van der Waals surface area contributed by atoms with E-state index in [0.717, 1.165) is 16.5 Å². The summed E-state index contributed by atoms with van der Waals surface area (Å²) in [7, 11) is -3.60. The van der Waals surface area contributed by atoms with Crippen LogP contribution in [0.25, 0.3) is 10.9 Å². The van der Waals surface area contributed by atoms with Crippen LogP contribution < -0.4 is 4.72 Å². The van der Waals surface area contributed by atoms with E-state index in [1.165, 1.54) is 12.1 Å². The fourth-order valence-electron chi connectivity index (χ4n) is 2.11. The van der Waals surface area contributed by atoms with Crippen LogP contribution in [0, 0.1) is 0 Å². The molecule has 1 aromatic heterocycles. The first-order valence-electron chi connectivity index (χ1n) is 6.63. The zero-order valence-corrected chi connectivity index (χ0v) is 13.1. The first kappa shape index (κ1) is 15.0. The van der Waals surface area contributed by atoms with Crippen molar-refractivity contribution in [3.8, 4) is 0 Å². The minimum absolute atomic E-state index is 0.147. The largest absolute Gasteiger partial charge is 0.256 e. The van der Waals surface area contributed by atoms with Gasteiger partial charge in [0.15, 0.2) is 0 Å². The number of pyridine rings is 1. The van der Waals surface area contributed by atoms with Crippen molar-refractivity contribution in [2.75, 3.05) is 0 Å². The van der Waals surface area contributed by atoms with E-state index < -0.39 is 10.0 Å². The minimum Gasteiger partial charge on any atom is -0.256 e. The number of hydrogen-bond donors (Lipinski definition) is 1. The molecule has 0 aliphatic heterocycles. The predicted molar refractivity (Wildman–Crippen MR) is 87.2 cm³/mol. The molecular formula is C16H13ClN2O2S. The van der Waals surface area contributed by atoms with E-state index in [4.69, 9.17) is 11.6 Å². The van der Waals surface area contributed by atoms with Crippen molar-refractivity contribution in [3.63, 3.8) is 0 Å². The molecule has 0 spiro atoms. The molecule has 1 heterocycles. The number of sulfonamides is 1. The zero-order chi connectivity index (χ0) is 15.6. The molecule has 3 aromatic rings. The molecule has 0 aliphatic rings. The van der Waals surface area contributed by atoms with E-state index >= 15 is 0 Å². The molecule has 6 heteroatoms. The molecular weight excluding hydrogens is 320 g/mol. The van der Waals surface area contributed by atoms with Crippen LogP contribution in [-0.2, 0) is 16.6 Å². The number of rotatable bonds is 4. The van der Waals surface area contributed by atoms with Crippen LogP contribution in [0.2, 0.25) is 5.02 Å². The Hall–Kier alpha value is -1.95. The van der Waals surface area contributed by atoms with Gasteiger partial charge in [0.1, 0.15) is 0 Å². The normalized spacial score (nSPS) is 11.7. The number of benzene rings is 2. The lowest BCUT2D eigenvalue weighted by molar-refractivity contribution is 0.581. The Labute approximate surface area is 133 Å². The zero-order valence-electron chi connectivity index (χ0n) is 11.5. The molecule has 112 valence electrons. The van der Waals surface area contributed by atoms with Crippen LogP contribution in [0.1, 0.15) is 5.56 Å². The van der Waals surface area contributed by atoms with E-state index in [0.29, 0.717) is 5.02 Å². The summed E-state index contributed by atoms with van der Waals surface area (Å²) in [6, 6.07) is 15.8. The van der Waals surface area contributed by atoms with E-state index in [1.807, 2.05) is 30.3 Å². The summed E-state index contributed by atoms with van der Waals surface area (Å²) >= 11 is 5.83. The van der Waals surface area contributed by atoms with Gasteiger partial charge < -0.3 is 0 Å². The van der Waals surface area contributed by atoms with Crippen molar-refractivity contribution in [2.24, 2.45) is 0 Å². The number of hydrogen-bond acceptors (Lipinski definition) is 3. The Morgan fingerprint density at radius 2 is 1.86 bits per heavy atom. The van der Waals surface area contributed by atoms with Crippen molar-refractivity contribution in [1.29, 1.82) is 0 Å². The van der Waals surface area contributed by atoms with Gasteiger partial charge in [-0.3, -0.25) is 4.98 Å². The van der Waals surface area contributed by atoms with Gasteiger partial charge in [0.2, 0.25) is 10.0 Å². The van der Waals surface area contributed by atoms with Crippen molar-refractivity contribution in [3.05, 3.63) is 71.4 Å². The van der Waals surface area contributed by atoms with E-state index in [9.17, 15) is 8.42 Å². The molecule has 0 unspecified atom stereocenters. The molecule has 0 atom stereocenters. The Bertz CT molecular complexity index is 926. The second-order valence-electron chi connectivity index (χ2n) is 4.82. The van der Waals surface area contributed by atoms with Gasteiger partial charge in [0, 0.05) is 23.2 Å². The van der Waals surface area contributed by atoms with E-state index in [2.05, 4.69) is 9.71 Å². The standard InChI is InChI=1S/C16H13ClN2O2S/c17-14-5-3-6-15(9-14)22(20,21)19-11-12-8-13-4-1-2-7-16(13)18-10-12/h1-10,19H,11H2. The van der Waals surface area contributed by atoms with Crippen LogP contribution in [0.3, 0.4) is 0 Å². The number of nitrogens with one attached hydrogen (secondary N) is 1. The summed E-state index contributed by atoms with van der Waals surface area (Å²) in [4.78, 5) is 4.46. The average Bonchev–Trinajstić information content (AvgIpc) is 2.53. The van der Waals surface area contributed by atoms with Crippen molar-refractivity contribution < 1.29 is 8.42 Å². The van der Waals surface area contributed by atoms with Crippen molar-refractivity contribution in [1.82, 2.24) is 9.71 Å². The molecule has 0 amide bonds. The molecule has 0 saturated heterocycles. The number of aromatic nitrogens is 1. The van der Waals surface area contributed by atoms with Crippen LogP contribution in [0.15, 0.2) is 65.7 Å². The second kappa shape index (κ2) is 6.04. The number of fused-ring (bicyclic) bond motifs is 1. The molecule has 0 radical (unpaired) electrons. The van der Waals surface area contributed by atoms with Crippen LogP contribution in [0.5, 0.6) is 0 Å². The maximum atomic E-state index is 12.2. The first-order valence-corrected chi connectivity index (χ1v) is 8.50. The highest BCUT2D eigenvalue weighted by Gasteiger charge is 2.14. The molecule has 0 bridgehead atoms. The SMILES string of the molecule is O=S(=O)(NCc1cnc2ccccc2c1)c1cccc(Cl)c1. The monoisotopic (exact) mass is 332 g/mol. The minimum atomic E-state index is -3.60. The lowest BCUT2D eigenvalue weighted by Gasteiger charge is -2.07. The number of para-hydroxylation sites is 1. The molecule has 1 N–H and O–H groups in total. The summed E-state index contributed by atoms with van der Waals surface area (Å²) < 4.78 is 27.0. The van der Waals surface area contributed by atoms with Crippen molar-refractivity contribution >= 4 is 32.5 Å². The molecule has 0 fully saturated rings. The Balaban J connectivity index is 1.81. The van der Waals surface area contributed by atoms with Gasteiger partial charge in [0.05, 0.1) is 10.4 Å². The van der Waals surface area contributed by atoms with Crippen LogP contribution in [0.4, 0.5) is 0 Å². The summed E-state index contributed by atoms with van der Waals surface area (Å²) in [6.07, 6.45) is 1.67. The fourth-order valence-corrected chi connectivity index (χ4v) is 3.43. The van der Waals surface area contributed by atoms with Crippen LogP contribution in [-0.4, -0.2) is 13.4 Å².